The van der Waals surface area contributed by atoms with Gasteiger partial charge in [-0.2, -0.15) is 0 Å². The van der Waals surface area contributed by atoms with Crippen molar-refractivity contribution in [2.45, 2.75) is 20.8 Å². The zero-order valence-corrected chi connectivity index (χ0v) is 9.87. The van der Waals surface area contributed by atoms with Gasteiger partial charge in [-0.05, 0) is 30.9 Å². The maximum Gasteiger partial charge on any atom is 0.347 e. The number of aryl methyl sites for hydroxylation is 2. The molecule has 4 heteroatoms. The van der Waals surface area contributed by atoms with Crippen molar-refractivity contribution < 1.29 is 13.9 Å². The van der Waals surface area contributed by atoms with E-state index >= 15 is 0 Å². The molecule has 0 bridgehead atoms. The Hall–Kier alpha value is -2.10. The second-order valence-electron chi connectivity index (χ2n) is 3.84. The zero-order chi connectivity index (χ0) is 12.6. The summed E-state index contributed by atoms with van der Waals surface area (Å²) in [6, 6.07) is 5.13. The van der Waals surface area contributed by atoms with Crippen LogP contribution in [0.4, 0.5) is 0 Å². The molecular formula is C13H12O4. The van der Waals surface area contributed by atoms with E-state index < -0.39 is 11.6 Å². The molecule has 1 aromatic carbocycles. The quantitative estimate of drug-likeness (QED) is 0.559. The van der Waals surface area contributed by atoms with Gasteiger partial charge in [-0.25, -0.2) is 4.79 Å². The molecule has 0 N–H and O–H groups in total. The number of esters is 1. The van der Waals surface area contributed by atoms with Gasteiger partial charge >= 0.3 is 11.6 Å². The first-order valence-corrected chi connectivity index (χ1v) is 5.22. The number of rotatable bonds is 1. The Morgan fingerprint density at radius 1 is 1.29 bits per heavy atom. The maximum atomic E-state index is 11.8. The second kappa shape index (κ2) is 4.05. The van der Waals surface area contributed by atoms with Gasteiger partial charge in [0.2, 0.25) is 0 Å². The zero-order valence-electron chi connectivity index (χ0n) is 9.87. The summed E-state index contributed by atoms with van der Waals surface area (Å²) < 4.78 is 10.1. The van der Waals surface area contributed by atoms with Crippen LogP contribution in [0.3, 0.4) is 0 Å². The molecule has 2 rings (SSSR count). The summed E-state index contributed by atoms with van der Waals surface area (Å²) in [5.74, 6) is 0.351. The predicted octanol–water partition coefficient (Wildman–Crippen LogP) is 2.34. The van der Waals surface area contributed by atoms with Crippen molar-refractivity contribution in [3.8, 4) is 5.75 Å². The normalized spacial score (nSPS) is 10.5. The fourth-order valence-electron chi connectivity index (χ4n) is 1.75. The predicted molar refractivity (Wildman–Crippen MR) is 63.3 cm³/mol. The Morgan fingerprint density at radius 2 is 2.00 bits per heavy atom. The molecule has 0 aliphatic carbocycles. The number of carbonyl (C=O) groups excluding carboxylic acids is 1. The Kier molecular flexibility index (Phi) is 2.71. The molecule has 1 heterocycles. The maximum absolute atomic E-state index is 11.8. The molecule has 0 fully saturated rings. The SMILES string of the molecule is CC(=O)Oc1cccc2c(C)c(C)oc(=O)c12. The van der Waals surface area contributed by atoms with E-state index in [1.165, 1.54) is 6.92 Å². The van der Waals surface area contributed by atoms with Gasteiger partial charge in [-0.15, -0.1) is 0 Å². The van der Waals surface area contributed by atoms with Crippen LogP contribution >= 0.6 is 0 Å². The summed E-state index contributed by atoms with van der Waals surface area (Å²) in [6.07, 6.45) is 0. The molecule has 0 aliphatic heterocycles. The third-order valence-electron chi connectivity index (χ3n) is 2.66. The first-order chi connectivity index (χ1) is 8.00. The van der Waals surface area contributed by atoms with Crippen LogP contribution in [0.15, 0.2) is 27.4 Å². The first-order valence-electron chi connectivity index (χ1n) is 5.22. The number of hydrogen-bond acceptors (Lipinski definition) is 4. The average Bonchev–Trinajstić information content (AvgIpc) is 2.25. The van der Waals surface area contributed by atoms with Crippen LogP contribution in [0.1, 0.15) is 18.2 Å². The lowest BCUT2D eigenvalue weighted by atomic mass is 10.1. The van der Waals surface area contributed by atoms with E-state index in [2.05, 4.69) is 0 Å². The summed E-state index contributed by atoms with van der Waals surface area (Å²) in [4.78, 5) is 22.8. The minimum absolute atomic E-state index is 0.242. The molecule has 0 radical (unpaired) electrons. The van der Waals surface area contributed by atoms with Gasteiger partial charge in [0.05, 0.1) is 0 Å². The third-order valence-corrected chi connectivity index (χ3v) is 2.66. The van der Waals surface area contributed by atoms with Gasteiger partial charge in [0, 0.05) is 6.92 Å². The number of carbonyl (C=O) groups is 1. The summed E-state index contributed by atoms with van der Waals surface area (Å²) >= 11 is 0. The summed E-state index contributed by atoms with van der Waals surface area (Å²) in [7, 11) is 0. The van der Waals surface area contributed by atoms with E-state index in [1.807, 2.05) is 13.0 Å². The van der Waals surface area contributed by atoms with E-state index in [0.717, 1.165) is 10.9 Å². The number of benzene rings is 1. The molecule has 0 atom stereocenters. The molecule has 0 saturated heterocycles. The van der Waals surface area contributed by atoms with Gasteiger partial charge in [0.25, 0.3) is 0 Å². The van der Waals surface area contributed by atoms with Gasteiger partial charge in [0.15, 0.2) is 0 Å². The standard InChI is InChI=1S/C13H12O4/c1-7-8(2)16-13(15)12-10(7)5-4-6-11(12)17-9(3)14/h4-6H,1-3H3. The van der Waals surface area contributed by atoms with Gasteiger partial charge in [-0.3, -0.25) is 4.79 Å². The molecule has 0 aliphatic rings. The van der Waals surface area contributed by atoms with Crippen molar-refractivity contribution in [1.82, 2.24) is 0 Å². The van der Waals surface area contributed by atoms with Crippen molar-refractivity contribution in [2.24, 2.45) is 0 Å². The molecule has 2 aromatic rings. The van der Waals surface area contributed by atoms with Crippen LogP contribution in [0.25, 0.3) is 10.8 Å². The van der Waals surface area contributed by atoms with Crippen molar-refractivity contribution in [2.75, 3.05) is 0 Å². The monoisotopic (exact) mass is 232 g/mol. The molecule has 88 valence electrons. The lowest BCUT2D eigenvalue weighted by molar-refractivity contribution is -0.131. The van der Waals surface area contributed by atoms with Crippen LogP contribution < -0.4 is 10.4 Å². The van der Waals surface area contributed by atoms with Gasteiger partial charge in [-0.1, -0.05) is 12.1 Å². The highest BCUT2D eigenvalue weighted by molar-refractivity contribution is 5.91. The molecule has 0 unspecified atom stereocenters. The molecule has 17 heavy (non-hydrogen) atoms. The molecule has 0 spiro atoms. The molecule has 4 nitrogen and oxygen atoms in total. The molecule has 0 amide bonds. The fourth-order valence-corrected chi connectivity index (χ4v) is 1.75. The van der Waals surface area contributed by atoms with Crippen molar-refractivity contribution in [3.05, 3.63) is 39.9 Å². The Balaban J connectivity index is 2.85. The van der Waals surface area contributed by atoms with Crippen molar-refractivity contribution in [1.29, 1.82) is 0 Å². The smallest absolute Gasteiger partial charge is 0.347 e. The summed E-state index contributed by atoms with van der Waals surface area (Å²) in [5.41, 5.74) is 0.383. The van der Waals surface area contributed by atoms with Crippen LogP contribution in [-0.2, 0) is 4.79 Å². The minimum atomic E-state index is -0.486. The van der Waals surface area contributed by atoms with Crippen molar-refractivity contribution in [3.63, 3.8) is 0 Å². The van der Waals surface area contributed by atoms with E-state index in [0.29, 0.717) is 11.1 Å². The number of fused-ring (bicyclic) bond motifs is 1. The topological polar surface area (TPSA) is 56.5 Å². The van der Waals surface area contributed by atoms with Crippen LogP contribution in [0.5, 0.6) is 5.75 Å². The molecule has 1 aromatic heterocycles. The lowest BCUT2D eigenvalue weighted by Gasteiger charge is -2.07. The van der Waals surface area contributed by atoms with E-state index in [4.69, 9.17) is 9.15 Å². The van der Waals surface area contributed by atoms with Crippen LogP contribution in [-0.4, -0.2) is 5.97 Å². The third kappa shape index (κ3) is 1.93. The second-order valence-corrected chi connectivity index (χ2v) is 3.84. The van der Waals surface area contributed by atoms with E-state index in [-0.39, 0.29) is 5.75 Å². The highest BCUT2D eigenvalue weighted by atomic mass is 16.5. The van der Waals surface area contributed by atoms with Gasteiger partial charge in [0.1, 0.15) is 16.9 Å². The highest BCUT2D eigenvalue weighted by Gasteiger charge is 2.13. The van der Waals surface area contributed by atoms with Crippen LogP contribution in [0, 0.1) is 13.8 Å². The van der Waals surface area contributed by atoms with E-state index in [1.54, 1.807) is 19.1 Å². The average molecular weight is 232 g/mol. The molecular weight excluding hydrogens is 220 g/mol. The minimum Gasteiger partial charge on any atom is -0.427 e. The fraction of sp³-hybridized carbons (Fsp3) is 0.231. The summed E-state index contributed by atoms with van der Waals surface area (Å²) in [6.45, 7) is 4.88. The van der Waals surface area contributed by atoms with E-state index in [9.17, 15) is 9.59 Å². The number of hydrogen-bond donors (Lipinski definition) is 0. The highest BCUT2D eigenvalue weighted by Crippen LogP contribution is 2.26. The summed E-state index contributed by atoms with van der Waals surface area (Å²) in [5, 5.41) is 1.06. The Labute approximate surface area is 97.8 Å². The Bertz CT molecular complexity index is 652. The van der Waals surface area contributed by atoms with Gasteiger partial charge < -0.3 is 9.15 Å². The Morgan fingerprint density at radius 3 is 2.65 bits per heavy atom. The van der Waals surface area contributed by atoms with Crippen LogP contribution in [0.2, 0.25) is 0 Å². The molecule has 0 saturated carbocycles. The number of ether oxygens (including phenoxy) is 1. The largest absolute Gasteiger partial charge is 0.427 e. The lowest BCUT2D eigenvalue weighted by Crippen LogP contribution is -2.08. The first kappa shape index (κ1) is 11.4. The van der Waals surface area contributed by atoms with Crippen molar-refractivity contribution >= 4 is 16.7 Å².